The smallest absolute Gasteiger partial charge is 0.0376 e. The molecule has 54 valence electrons. The Kier molecular flexibility index (Phi) is 9.31. The number of hydrogen-bond acceptors (Lipinski definition) is 1. The van der Waals surface area contributed by atoms with Gasteiger partial charge in [0, 0.05) is 0 Å². The van der Waals surface area contributed by atoms with Gasteiger partial charge in [-0.25, -0.2) is 0 Å². The van der Waals surface area contributed by atoms with E-state index in [1.54, 1.807) is 0 Å². The molecule has 0 unspecified atom stereocenters. The second kappa shape index (κ2) is 7.44. The van der Waals surface area contributed by atoms with E-state index < -0.39 is 0 Å². The quantitative estimate of drug-likeness (QED) is 0.568. The van der Waals surface area contributed by atoms with E-state index >= 15 is 0 Å². The van der Waals surface area contributed by atoms with Gasteiger partial charge in [-0.2, -0.15) is 0 Å². The maximum Gasteiger partial charge on any atom is -0.0376 e. The van der Waals surface area contributed by atoms with Crippen LogP contribution in [0.1, 0.15) is 27.2 Å². The van der Waals surface area contributed by atoms with E-state index in [4.69, 9.17) is 0 Å². The lowest BCUT2D eigenvalue weighted by molar-refractivity contribution is 1.22. The second-order valence-electron chi connectivity index (χ2n) is 2.08. The zero-order chi connectivity index (χ0) is 6.41. The molecule has 0 radical (unpaired) electrons. The summed E-state index contributed by atoms with van der Waals surface area (Å²) in [5.41, 5.74) is 1.36. The van der Waals surface area contributed by atoms with Gasteiger partial charge in [0.15, 0.2) is 0 Å². The highest BCUT2D eigenvalue weighted by molar-refractivity contribution is 5.07. The molecule has 0 saturated heterocycles. The summed E-state index contributed by atoms with van der Waals surface area (Å²) in [5, 5.41) is 0. The molecule has 0 bridgehead atoms. The van der Waals surface area contributed by atoms with E-state index in [9.17, 15) is 0 Å². The molecule has 0 amide bonds. The fourth-order valence-corrected chi connectivity index (χ4v) is 0.397. The first-order valence-electron chi connectivity index (χ1n) is 3.07. The van der Waals surface area contributed by atoms with Gasteiger partial charge in [-0.05, 0) is 20.3 Å². The highest BCUT2D eigenvalue weighted by Gasteiger charge is 1.67. The van der Waals surface area contributed by atoms with Crippen LogP contribution in [0.3, 0.4) is 0 Å². The van der Waals surface area contributed by atoms with Crippen molar-refractivity contribution in [3.8, 4) is 0 Å². The number of allylic oxidation sites excluding steroid dienone is 4. The summed E-state index contributed by atoms with van der Waals surface area (Å²) in [6.45, 7) is 6.33. The third-order valence-corrected chi connectivity index (χ3v) is 0.801. The van der Waals surface area contributed by atoms with Gasteiger partial charge in [0.05, 0.1) is 0 Å². The zero-order valence-corrected chi connectivity index (χ0v) is 6.65. The van der Waals surface area contributed by atoms with Crippen LogP contribution < -0.4 is 6.15 Å². The molecule has 0 aromatic carbocycles. The van der Waals surface area contributed by atoms with Crippen molar-refractivity contribution < 1.29 is 0 Å². The molecule has 0 atom stereocenters. The molecule has 0 aliphatic rings. The molecule has 1 nitrogen and oxygen atoms in total. The molecular weight excluding hydrogens is 110 g/mol. The average molecular weight is 127 g/mol. The Morgan fingerprint density at radius 3 is 2.22 bits per heavy atom. The zero-order valence-electron chi connectivity index (χ0n) is 6.65. The predicted molar refractivity (Wildman–Crippen MR) is 43.9 cm³/mol. The van der Waals surface area contributed by atoms with Crippen LogP contribution in [0.2, 0.25) is 0 Å². The molecule has 0 fully saturated rings. The van der Waals surface area contributed by atoms with Crippen molar-refractivity contribution in [1.82, 2.24) is 6.15 Å². The van der Waals surface area contributed by atoms with E-state index in [-0.39, 0.29) is 6.15 Å². The molecule has 1 heteroatoms. The van der Waals surface area contributed by atoms with Crippen LogP contribution in [0, 0.1) is 0 Å². The normalized spacial score (nSPS) is 8.78. The molecule has 9 heavy (non-hydrogen) atoms. The minimum Gasteiger partial charge on any atom is -0.344 e. The van der Waals surface area contributed by atoms with Crippen molar-refractivity contribution >= 4 is 0 Å². The van der Waals surface area contributed by atoms with Gasteiger partial charge >= 0.3 is 0 Å². The van der Waals surface area contributed by atoms with Gasteiger partial charge in [-0.15, -0.1) is 0 Å². The third kappa shape index (κ3) is 11.2. The van der Waals surface area contributed by atoms with E-state index in [1.165, 1.54) is 5.57 Å². The second-order valence-corrected chi connectivity index (χ2v) is 2.08. The van der Waals surface area contributed by atoms with E-state index in [0.717, 1.165) is 6.42 Å². The molecule has 0 spiro atoms. The van der Waals surface area contributed by atoms with Crippen LogP contribution >= 0.6 is 0 Å². The van der Waals surface area contributed by atoms with Gasteiger partial charge in [0.2, 0.25) is 0 Å². The summed E-state index contributed by atoms with van der Waals surface area (Å²) in [6, 6.07) is 0. The van der Waals surface area contributed by atoms with Gasteiger partial charge < -0.3 is 6.15 Å². The molecule has 3 N–H and O–H groups in total. The Hall–Kier alpha value is -0.560. The van der Waals surface area contributed by atoms with Gasteiger partial charge in [0.25, 0.3) is 0 Å². The lowest BCUT2D eigenvalue weighted by Gasteiger charge is -1.80. The van der Waals surface area contributed by atoms with Crippen LogP contribution in [0.25, 0.3) is 0 Å². The minimum absolute atomic E-state index is 0. The maximum atomic E-state index is 2.15. The van der Waals surface area contributed by atoms with E-state index in [1.807, 2.05) is 0 Å². The first kappa shape index (κ1) is 11.3. The topological polar surface area (TPSA) is 35.0 Å². The Balaban J connectivity index is 0. The standard InChI is InChI=1S/C8H14.H3N/c1-4-5-6-7-8(2)3;/h5-7H,4H2,1-3H3;1H3. The summed E-state index contributed by atoms with van der Waals surface area (Å²) in [5.74, 6) is 0. The molecule has 0 aromatic heterocycles. The predicted octanol–water partition coefficient (Wildman–Crippen LogP) is 3.08. The summed E-state index contributed by atoms with van der Waals surface area (Å²) in [6.07, 6.45) is 7.48. The Morgan fingerprint density at radius 1 is 1.33 bits per heavy atom. The highest BCUT2D eigenvalue weighted by Crippen LogP contribution is 1.89. The van der Waals surface area contributed by atoms with Crippen LogP contribution in [0.4, 0.5) is 0 Å². The Bertz CT molecular complexity index is 97.1. The lowest BCUT2D eigenvalue weighted by atomic mass is 10.3. The van der Waals surface area contributed by atoms with E-state index in [0.29, 0.717) is 0 Å². The molecule has 0 rings (SSSR count). The SMILES string of the molecule is CCC=CC=C(C)C.N. The van der Waals surface area contributed by atoms with Crippen molar-refractivity contribution in [2.75, 3.05) is 0 Å². The van der Waals surface area contributed by atoms with Gasteiger partial charge in [-0.3, -0.25) is 0 Å². The lowest BCUT2D eigenvalue weighted by Crippen LogP contribution is -1.58. The van der Waals surface area contributed by atoms with Crippen molar-refractivity contribution in [2.45, 2.75) is 27.2 Å². The Morgan fingerprint density at radius 2 is 1.89 bits per heavy atom. The first-order chi connectivity index (χ1) is 3.77. The summed E-state index contributed by atoms with van der Waals surface area (Å²) >= 11 is 0. The Labute approximate surface area is 58.1 Å². The molecule has 0 aliphatic carbocycles. The number of rotatable bonds is 2. The van der Waals surface area contributed by atoms with Gasteiger partial charge in [-0.1, -0.05) is 30.7 Å². The van der Waals surface area contributed by atoms with Gasteiger partial charge in [0.1, 0.15) is 0 Å². The van der Waals surface area contributed by atoms with Crippen molar-refractivity contribution in [1.29, 1.82) is 0 Å². The highest BCUT2D eigenvalue weighted by atomic mass is 14.0. The molecule has 0 aromatic rings. The largest absolute Gasteiger partial charge is 0.344 e. The third-order valence-electron chi connectivity index (χ3n) is 0.801. The maximum absolute atomic E-state index is 2.15. The fourth-order valence-electron chi connectivity index (χ4n) is 0.397. The van der Waals surface area contributed by atoms with Crippen molar-refractivity contribution in [3.63, 3.8) is 0 Å². The van der Waals surface area contributed by atoms with Crippen LogP contribution in [0.5, 0.6) is 0 Å². The summed E-state index contributed by atoms with van der Waals surface area (Å²) in [7, 11) is 0. The molecule has 0 aliphatic heterocycles. The average Bonchev–Trinajstić information content (AvgIpc) is 1.66. The van der Waals surface area contributed by atoms with E-state index in [2.05, 4.69) is 39.0 Å². The van der Waals surface area contributed by atoms with Crippen LogP contribution in [0.15, 0.2) is 23.8 Å². The molecule has 0 heterocycles. The summed E-state index contributed by atoms with van der Waals surface area (Å²) in [4.78, 5) is 0. The molecular formula is C8H17N. The van der Waals surface area contributed by atoms with Crippen molar-refractivity contribution in [2.24, 2.45) is 0 Å². The monoisotopic (exact) mass is 127 g/mol. The van der Waals surface area contributed by atoms with Crippen LogP contribution in [-0.4, -0.2) is 0 Å². The summed E-state index contributed by atoms with van der Waals surface area (Å²) < 4.78 is 0. The minimum atomic E-state index is 0. The molecule has 0 saturated carbocycles. The number of hydrogen-bond donors (Lipinski definition) is 1. The van der Waals surface area contributed by atoms with Crippen molar-refractivity contribution in [3.05, 3.63) is 23.8 Å². The fraction of sp³-hybridized carbons (Fsp3) is 0.500. The first-order valence-corrected chi connectivity index (χ1v) is 3.07. The van der Waals surface area contributed by atoms with Crippen LogP contribution in [-0.2, 0) is 0 Å².